The molecule has 2 saturated heterocycles. The fourth-order valence-electron chi connectivity index (χ4n) is 8.48. The molecule has 20 heteroatoms. The molecule has 20 nitrogen and oxygen atoms in total. The van der Waals surface area contributed by atoms with Crippen LogP contribution in [0.4, 0.5) is 17.1 Å². The Labute approximate surface area is 461 Å². The Kier molecular flexibility index (Phi) is 26.7. The first-order valence-electron chi connectivity index (χ1n) is 26.4. The van der Waals surface area contributed by atoms with Gasteiger partial charge in [-0.2, -0.15) is 0 Å². The van der Waals surface area contributed by atoms with Crippen LogP contribution >= 0.6 is 0 Å². The minimum absolute atomic E-state index is 0.0541. The molecule has 0 aromatic heterocycles. The van der Waals surface area contributed by atoms with Gasteiger partial charge in [-0.05, 0) is 105 Å². The molecule has 0 bridgehead atoms. The van der Waals surface area contributed by atoms with Gasteiger partial charge in [0.15, 0.2) is 0 Å². The minimum Gasteiger partial charge on any atom is -0.508 e. The van der Waals surface area contributed by atoms with E-state index >= 15 is 0 Å². The Morgan fingerprint density at radius 1 is 0.519 bits per heavy atom. The summed E-state index contributed by atoms with van der Waals surface area (Å²) in [6, 6.07) is 18.1. The first kappa shape index (κ1) is 65.0. The van der Waals surface area contributed by atoms with Crippen molar-refractivity contribution >= 4 is 82.4 Å². The topological polar surface area (TPSA) is 264 Å². The Hall–Kier alpha value is -8.29. The Morgan fingerprint density at radius 2 is 0.848 bits per heavy atom. The maximum absolute atomic E-state index is 13.0. The van der Waals surface area contributed by atoms with Crippen molar-refractivity contribution in [3.63, 3.8) is 0 Å². The van der Waals surface area contributed by atoms with Crippen molar-refractivity contribution in [1.82, 2.24) is 0 Å². The SMILES string of the molecule is C=CC(=O)OCCCC.CC(=O)Oc1ccc(N2C(=O)C=CC2=O)cc1.CCCCOC(=O)C(CC)C1C(=O)N(c2ccc(O)cc2)C(=O)C1C.CCCCOC(=O)C(CC)C1C(=O)N(c2ccc(OC(C)=O)cc2)C(=O)C1C. The lowest BCUT2D eigenvalue weighted by atomic mass is 9.82. The molecule has 6 amide bonds. The van der Waals surface area contributed by atoms with Gasteiger partial charge in [-0.3, -0.25) is 57.7 Å². The van der Waals surface area contributed by atoms with Gasteiger partial charge in [-0.1, -0.05) is 74.3 Å². The highest BCUT2D eigenvalue weighted by Gasteiger charge is 2.52. The maximum Gasteiger partial charge on any atom is 0.330 e. The Morgan fingerprint density at radius 3 is 1.16 bits per heavy atom. The summed E-state index contributed by atoms with van der Waals surface area (Å²) in [5.74, 6) is -7.52. The highest BCUT2D eigenvalue weighted by Crippen LogP contribution is 2.39. The number of imide groups is 3. The van der Waals surface area contributed by atoms with E-state index in [-0.39, 0.29) is 41.3 Å². The van der Waals surface area contributed by atoms with Crippen LogP contribution in [-0.4, -0.2) is 90.2 Å². The number of anilines is 3. The fraction of sp³-hybridized carbons (Fsp3) is 0.441. The monoisotopic (exact) mass is 1100 g/mol. The summed E-state index contributed by atoms with van der Waals surface area (Å²) in [6.45, 7) is 20.0. The van der Waals surface area contributed by atoms with E-state index < -0.39 is 65.3 Å². The summed E-state index contributed by atoms with van der Waals surface area (Å²) in [5, 5.41) is 9.39. The molecule has 6 rings (SSSR count). The highest BCUT2D eigenvalue weighted by molar-refractivity contribution is 6.28. The van der Waals surface area contributed by atoms with Crippen LogP contribution in [0.1, 0.15) is 114 Å². The molecule has 0 radical (unpaired) electrons. The minimum atomic E-state index is -0.750. The van der Waals surface area contributed by atoms with Crippen LogP contribution in [0.25, 0.3) is 0 Å². The molecule has 1 N–H and O–H groups in total. The third-order valence-corrected chi connectivity index (χ3v) is 12.7. The molecule has 0 spiro atoms. The summed E-state index contributed by atoms with van der Waals surface area (Å²) in [4.78, 5) is 134. The van der Waals surface area contributed by atoms with Gasteiger partial charge >= 0.3 is 29.8 Å². The fourth-order valence-corrected chi connectivity index (χ4v) is 8.48. The molecule has 3 heterocycles. The van der Waals surface area contributed by atoms with Crippen molar-refractivity contribution in [2.75, 3.05) is 34.5 Å². The van der Waals surface area contributed by atoms with Gasteiger partial charge in [0.25, 0.3) is 11.8 Å². The molecule has 0 saturated carbocycles. The number of nitrogens with zero attached hydrogens (tertiary/aromatic N) is 3. The molecule has 79 heavy (non-hydrogen) atoms. The van der Waals surface area contributed by atoms with Crippen LogP contribution in [0, 0.1) is 35.5 Å². The van der Waals surface area contributed by atoms with E-state index in [1.807, 2.05) is 34.6 Å². The molecule has 6 unspecified atom stereocenters. The number of aromatic hydroxyl groups is 1. The van der Waals surface area contributed by atoms with Crippen LogP contribution in [0.2, 0.25) is 0 Å². The van der Waals surface area contributed by atoms with Crippen molar-refractivity contribution < 1.29 is 81.5 Å². The summed E-state index contributed by atoms with van der Waals surface area (Å²) >= 11 is 0. The van der Waals surface area contributed by atoms with Crippen LogP contribution in [0.5, 0.6) is 17.2 Å². The van der Waals surface area contributed by atoms with Crippen LogP contribution in [-0.2, 0) is 67.0 Å². The van der Waals surface area contributed by atoms with Gasteiger partial charge < -0.3 is 28.8 Å². The van der Waals surface area contributed by atoms with E-state index in [2.05, 4.69) is 11.3 Å². The van der Waals surface area contributed by atoms with Crippen LogP contribution in [0.3, 0.4) is 0 Å². The molecule has 3 aromatic rings. The lowest BCUT2D eigenvalue weighted by Crippen LogP contribution is -2.35. The number of amides is 6. The molecule has 0 aliphatic carbocycles. The van der Waals surface area contributed by atoms with E-state index in [9.17, 15) is 57.8 Å². The molecule has 3 aliphatic rings. The number of phenols is 1. The van der Waals surface area contributed by atoms with E-state index in [1.54, 1.807) is 38.1 Å². The number of carbonyl (C=O) groups is 11. The second kappa shape index (κ2) is 32.4. The van der Waals surface area contributed by atoms with Crippen molar-refractivity contribution in [3.05, 3.63) is 97.6 Å². The maximum atomic E-state index is 13.0. The number of carbonyl (C=O) groups excluding carboxylic acids is 11. The lowest BCUT2D eigenvalue weighted by molar-refractivity contribution is -0.153. The zero-order valence-electron chi connectivity index (χ0n) is 46.4. The summed E-state index contributed by atoms with van der Waals surface area (Å²) in [6.07, 6.45) is 9.77. The number of hydrogen-bond acceptors (Lipinski definition) is 17. The number of rotatable bonds is 21. The summed E-state index contributed by atoms with van der Waals surface area (Å²) in [5.41, 5.74) is 1.23. The highest BCUT2D eigenvalue weighted by atomic mass is 16.5. The largest absolute Gasteiger partial charge is 0.508 e. The average Bonchev–Trinajstić information content (AvgIpc) is 4.08. The third kappa shape index (κ3) is 18.4. The standard InChI is InChI=1S/C21H27NO6.C19H25NO5.C12H9NO4.C7H12O2/c1-5-7-12-27-21(26)17(6-2)18-13(3)19(24)22(20(18)25)15-8-10-16(11-9-15)28-14(4)23;1-4-6-11-25-19(24)15(5-2)16-12(3)17(22)20(18(16)23)13-7-9-14(21)10-8-13;1-8(14)17-10-4-2-9(3-5-10)13-11(15)6-7-12(13)16;1-3-5-6-9-7(8)4-2/h8-11,13,17-18H,5-7,12H2,1-4H3;7-10,12,15-16,21H,4-6,11H2,1-3H3;2-7H,1H3;4H,2-3,5-6H2,1H3. The van der Waals surface area contributed by atoms with Crippen molar-refractivity contribution in [2.45, 2.75) is 114 Å². The molecule has 426 valence electrons. The van der Waals surface area contributed by atoms with Gasteiger partial charge in [-0.25, -0.2) is 9.69 Å². The molecule has 6 atom stereocenters. The zero-order valence-corrected chi connectivity index (χ0v) is 46.4. The number of benzene rings is 3. The quantitative estimate of drug-likeness (QED) is 0.0261. The number of hydrogen-bond donors (Lipinski definition) is 1. The Balaban J connectivity index is 0.000000295. The third-order valence-electron chi connectivity index (χ3n) is 12.7. The van der Waals surface area contributed by atoms with Crippen molar-refractivity contribution in [1.29, 1.82) is 0 Å². The van der Waals surface area contributed by atoms with Gasteiger partial charge in [-0.15, -0.1) is 0 Å². The van der Waals surface area contributed by atoms with Crippen LogP contribution < -0.4 is 24.2 Å². The average molecular weight is 1100 g/mol. The molecule has 3 aliphatic heterocycles. The number of phenolic OH excluding ortho intramolecular Hbond substituents is 1. The number of unbranched alkanes of at least 4 members (excludes halogenated alkanes) is 3. The van der Waals surface area contributed by atoms with E-state index in [4.69, 9.17) is 18.9 Å². The lowest BCUT2D eigenvalue weighted by Gasteiger charge is -2.21. The van der Waals surface area contributed by atoms with Crippen LogP contribution in [0.15, 0.2) is 97.6 Å². The van der Waals surface area contributed by atoms with Crippen molar-refractivity contribution in [3.8, 4) is 17.2 Å². The van der Waals surface area contributed by atoms with Crippen molar-refractivity contribution in [2.24, 2.45) is 35.5 Å². The van der Waals surface area contributed by atoms with Gasteiger partial charge in [0.05, 0.1) is 60.6 Å². The van der Waals surface area contributed by atoms with Gasteiger partial charge in [0, 0.05) is 43.9 Å². The molecule has 3 aromatic carbocycles. The normalized spacial score (nSPS) is 18.0. The second-order valence-corrected chi connectivity index (χ2v) is 18.5. The second-order valence-electron chi connectivity index (χ2n) is 18.5. The predicted molar refractivity (Wildman–Crippen MR) is 291 cm³/mol. The molecular weight excluding hydrogens is 1020 g/mol. The van der Waals surface area contributed by atoms with Gasteiger partial charge in [0.2, 0.25) is 23.6 Å². The molecule has 2 fully saturated rings. The smallest absolute Gasteiger partial charge is 0.330 e. The first-order chi connectivity index (χ1) is 37.6. The zero-order chi connectivity index (χ0) is 58.9. The molecular formula is C59H73N3O17. The number of ether oxygens (including phenoxy) is 5. The summed E-state index contributed by atoms with van der Waals surface area (Å²) in [7, 11) is 0. The van der Waals surface area contributed by atoms with E-state index in [0.717, 1.165) is 53.2 Å². The first-order valence-corrected chi connectivity index (χ1v) is 26.4. The van der Waals surface area contributed by atoms with E-state index in [0.29, 0.717) is 61.2 Å². The number of esters is 5. The predicted octanol–water partition coefficient (Wildman–Crippen LogP) is 8.55. The Bertz CT molecular complexity index is 2650. The van der Waals surface area contributed by atoms with E-state index in [1.165, 1.54) is 80.6 Å². The van der Waals surface area contributed by atoms with Gasteiger partial charge in [0.1, 0.15) is 17.2 Å². The summed E-state index contributed by atoms with van der Waals surface area (Å²) < 4.78 is 25.1.